The first kappa shape index (κ1) is 8.79. The number of hydrogen-bond acceptors (Lipinski definition) is 1. The normalized spacial score (nSPS) is 19.1. The van der Waals surface area contributed by atoms with Crippen molar-refractivity contribution in [2.75, 3.05) is 0 Å². The van der Waals surface area contributed by atoms with Crippen LogP contribution >= 0.6 is 0 Å². The topological polar surface area (TPSA) is 17.8 Å². The summed E-state index contributed by atoms with van der Waals surface area (Å²) in [4.78, 5) is 0. The standard InChI is InChI=1S/C11H18N2/c1-5-9-8-6-7-11(2,3)10(8)13(4)12-9/h5-7H2,1-4H3. The highest BCUT2D eigenvalue weighted by molar-refractivity contribution is 5.36. The summed E-state index contributed by atoms with van der Waals surface area (Å²) >= 11 is 0. The summed E-state index contributed by atoms with van der Waals surface area (Å²) in [5.74, 6) is 0. The van der Waals surface area contributed by atoms with Crippen molar-refractivity contribution in [2.45, 2.75) is 45.4 Å². The number of hydrogen-bond donors (Lipinski definition) is 0. The first-order chi connectivity index (χ1) is 6.06. The van der Waals surface area contributed by atoms with Gasteiger partial charge < -0.3 is 0 Å². The lowest BCUT2D eigenvalue weighted by Gasteiger charge is -2.18. The van der Waals surface area contributed by atoms with E-state index in [9.17, 15) is 0 Å². The van der Waals surface area contributed by atoms with Crippen LogP contribution in [0.25, 0.3) is 0 Å². The Morgan fingerprint density at radius 3 is 2.77 bits per heavy atom. The second-order valence-electron chi connectivity index (χ2n) is 4.63. The molecule has 0 spiro atoms. The van der Waals surface area contributed by atoms with Gasteiger partial charge in [-0.15, -0.1) is 0 Å². The van der Waals surface area contributed by atoms with E-state index in [0.717, 1.165) is 6.42 Å². The fraction of sp³-hybridized carbons (Fsp3) is 0.727. The third-order valence-electron chi connectivity index (χ3n) is 3.20. The van der Waals surface area contributed by atoms with E-state index < -0.39 is 0 Å². The van der Waals surface area contributed by atoms with Crippen LogP contribution in [-0.4, -0.2) is 9.78 Å². The molecule has 0 N–H and O–H groups in total. The Morgan fingerprint density at radius 1 is 1.46 bits per heavy atom. The molecule has 0 fully saturated rings. The van der Waals surface area contributed by atoms with Crippen molar-refractivity contribution in [3.05, 3.63) is 17.0 Å². The number of rotatable bonds is 1. The highest BCUT2D eigenvalue weighted by Gasteiger charge is 2.35. The summed E-state index contributed by atoms with van der Waals surface area (Å²) < 4.78 is 2.08. The van der Waals surface area contributed by atoms with Gasteiger partial charge in [0.05, 0.1) is 5.69 Å². The smallest absolute Gasteiger partial charge is 0.0656 e. The molecule has 0 bridgehead atoms. The molecule has 1 aliphatic rings. The Kier molecular flexibility index (Phi) is 1.76. The van der Waals surface area contributed by atoms with Gasteiger partial charge in [0.1, 0.15) is 0 Å². The number of aryl methyl sites for hydroxylation is 2. The second-order valence-corrected chi connectivity index (χ2v) is 4.63. The molecular formula is C11H18N2. The summed E-state index contributed by atoms with van der Waals surface area (Å²) in [6, 6.07) is 0. The largest absolute Gasteiger partial charge is 0.272 e. The first-order valence-corrected chi connectivity index (χ1v) is 5.11. The number of fused-ring (bicyclic) bond motifs is 1. The zero-order valence-corrected chi connectivity index (χ0v) is 9.02. The highest BCUT2D eigenvalue weighted by atomic mass is 15.3. The average Bonchev–Trinajstić information content (AvgIpc) is 2.53. The van der Waals surface area contributed by atoms with E-state index in [0.29, 0.717) is 5.41 Å². The molecule has 13 heavy (non-hydrogen) atoms. The third kappa shape index (κ3) is 1.11. The Morgan fingerprint density at radius 2 is 2.15 bits per heavy atom. The molecule has 1 aromatic rings. The lowest BCUT2D eigenvalue weighted by molar-refractivity contribution is 0.475. The van der Waals surface area contributed by atoms with Crippen LogP contribution in [0, 0.1) is 0 Å². The van der Waals surface area contributed by atoms with Gasteiger partial charge in [-0.3, -0.25) is 4.68 Å². The number of aromatic nitrogens is 2. The molecule has 0 aliphatic heterocycles. The zero-order chi connectivity index (χ0) is 9.64. The quantitative estimate of drug-likeness (QED) is 0.644. The molecule has 1 aromatic heterocycles. The van der Waals surface area contributed by atoms with Crippen molar-refractivity contribution in [3.8, 4) is 0 Å². The summed E-state index contributed by atoms with van der Waals surface area (Å²) in [6.45, 7) is 6.83. The minimum absolute atomic E-state index is 0.338. The van der Waals surface area contributed by atoms with Gasteiger partial charge in [0.25, 0.3) is 0 Å². The molecule has 2 nitrogen and oxygen atoms in total. The summed E-state index contributed by atoms with van der Waals surface area (Å²) in [5.41, 5.74) is 4.63. The second kappa shape index (κ2) is 2.60. The maximum absolute atomic E-state index is 4.56. The summed E-state index contributed by atoms with van der Waals surface area (Å²) in [7, 11) is 2.07. The molecule has 0 aromatic carbocycles. The van der Waals surface area contributed by atoms with Gasteiger partial charge >= 0.3 is 0 Å². The highest BCUT2D eigenvalue weighted by Crippen LogP contribution is 2.39. The molecule has 0 atom stereocenters. The average molecular weight is 178 g/mol. The Hall–Kier alpha value is -0.790. The van der Waals surface area contributed by atoms with Gasteiger partial charge in [-0.1, -0.05) is 20.8 Å². The predicted octanol–water partition coefficient (Wildman–Crippen LogP) is 2.21. The van der Waals surface area contributed by atoms with E-state index in [1.165, 1.54) is 29.8 Å². The van der Waals surface area contributed by atoms with E-state index >= 15 is 0 Å². The van der Waals surface area contributed by atoms with Gasteiger partial charge in [0.15, 0.2) is 0 Å². The molecule has 2 heteroatoms. The van der Waals surface area contributed by atoms with E-state index in [4.69, 9.17) is 0 Å². The molecule has 72 valence electrons. The fourth-order valence-corrected chi connectivity index (χ4v) is 2.57. The fourth-order valence-electron chi connectivity index (χ4n) is 2.57. The minimum atomic E-state index is 0.338. The summed E-state index contributed by atoms with van der Waals surface area (Å²) in [5, 5.41) is 4.56. The van der Waals surface area contributed by atoms with Gasteiger partial charge in [-0.2, -0.15) is 5.10 Å². The molecule has 0 radical (unpaired) electrons. The Labute approximate surface area is 80.0 Å². The molecule has 1 heterocycles. The van der Waals surface area contributed by atoms with Crippen LogP contribution in [0.2, 0.25) is 0 Å². The van der Waals surface area contributed by atoms with E-state index in [1.54, 1.807) is 0 Å². The van der Waals surface area contributed by atoms with Crippen molar-refractivity contribution >= 4 is 0 Å². The Bertz CT molecular complexity index is 334. The lowest BCUT2D eigenvalue weighted by Crippen LogP contribution is -2.17. The van der Waals surface area contributed by atoms with Crippen molar-refractivity contribution in [2.24, 2.45) is 7.05 Å². The SMILES string of the molecule is CCc1nn(C)c2c1CCC2(C)C. The third-order valence-corrected chi connectivity index (χ3v) is 3.20. The van der Waals surface area contributed by atoms with Crippen LogP contribution in [0.5, 0.6) is 0 Å². The molecular weight excluding hydrogens is 160 g/mol. The van der Waals surface area contributed by atoms with E-state index in [1.807, 2.05) is 0 Å². The monoisotopic (exact) mass is 178 g/mol. The first-order valence-electron chi connectivity index (χ1n) is 5.11. The van der Waals surface area contributed by atoms with E-state index in [2.05, 4.69) is 37.6 Å². The molecule has 2 rings (SSSR count). The van der Waals surface area contributed by atoms with Crippen molar-refractivity contribution in [1.29, 1.82) is 0 Å². The van der Waals surface area contributed by atoms with Crippen LogP contribution in [-0.2, 0) is 25.3 Å². The van der Waals surface area contributed by atoms with Gasteiger partial charge in [0, 0.05) is 18.2 Å². The van der Waals surface area contributed by atoms with Crippen LogP contribution in [0.3, 0.4) is 0 Å². The molecule has 0 unspecified atom stereocenters. The minimum Gasteiger partial charge on any atom is -0.272 e. The van der Waals surface area contributed by atoms with Crippen LogP contribution < -0.4 is 0 Å². The summed E-state index contributed by atoms with van der Waals surface area (Å²) in [6.07, 6.45) is 3.57. The lowest BCUT2D eigenvalue weighted by atomic mass is 9.91. The van der Waals surface area contributed by atoms with Crippen molar-refractivity contribution in [3.63, 3.8) is 0 Å². The number of nitrogens with zero attached hydrogens (tertiary/aromatic N) is 2. The maximum Gasteiger partial charge on any atom is 0.0656 e. The Balaban J connectivity index is 2.59. The molecule has 0 saturated heterocycles. The van der Waals surface area contributed by atoms with Crippen LogP contribution in [0.4, 0.5) is 0 Å². The van der Waals surface area contributed by atoms with Crippen molar-refractivity contribution in [1.82, 2.24) is 9.78 Å². The maximum atomic E-state index is 4.56. The van der Waals surface area contributed by atoms with Gasteiger partial charge in [0.2, 0.25) is 0 Å². The van der Waals surface area contributed by atoms with Crippen LogP contribution in [0.1, 0.15) is 44.1 Å². The van der Waals surface area contributed by atoms with Crippen molar-refractivity contribution < 1.29 is 0 Å². The predicted molar refractivity (Wildman–Crippen MR) is 53.9 cm³/mol. The molecule has 1 aliphatic carbocycles. The molecule has 0 amide bonds. The molecule has 0 saturated carbocycles. The van der Waals surface area contributed by atoms with Gasteiger partial charge in [-0.05, 0) is 24.8 Å². The van der Waals surface area contributed by atoms with Gasteiger partial charge in [-0.25, -0.2) is 0 Å². The zero-order valence-electron chi connectivity index (χ0n) is 9.02. The van der Waals surface area contributed by atoms with Crippen LogP contribution in [0.15, 0.2) is 0 Å². The van der Waals surface area contributed by atoms with E-state index in [-0.39, 0.29) is 0 Å².